The summed E-state index contributed by atoms with van der Waals surface area (Å²) >= 11 is 0. The van der Waals surface area contributed by atoms with Gasteiger partial charge in [-0.05, 0) is 52.0 Å². The normalized spacial score (nSPS) is 18.0. The van der Waals surface area contributed by atoms with Crippen LogP contribution in [0.15, 0.2) is 0 Å². The number of hydrogen-bond donors (Lipinski definition) is 1. The summed E-state index contributed by atoms with van der Waals surface area (Å²) in [6, 6.07) is 0. The van der Waals surface area contributed by atoms with E-state index in [-0.39, 0.29) is 13.5 Å². The summed E-state index contributed by atoms with van der Waals surface area (Å²) in [6.07, 6.45) is 2.77. The van der Waals surface area contributed by atoms with Crippen LogP contribution >= 0.6 is 13.5 Å². The number of piperidine rings is 1. The Morgan fingerprint density at radius 2 is 1.71 bits per heavy atom. The lowest BCUT2D eigenvalue weighted by molar-refractivity contribution is 0.191. The Morgan fingerprint density at radius 3 is 2.07 bits per heavy atom. The standard InChI is InChI=1S/C9H20N2.C2H6.H2S/c1-3-11-6-4-9(5-7-11)8-10-2;1-2;/h9-10H,3-8H2,1-2H3;1-2H3;1H2. The van der Waals surface area contributed by atoms with Gasteiger partial charge in [-0.15, -0.1) is 0 Å². The SMILES string of the molecule is CC.CCN1CCC(CNC)CC1.S. The lowest BCUT2D eigenvalue weighted by Gasteiger charge is -2.30. The van der Waals surface area contributed by atoms with E-state index in [4.69, 9.17) is 0 Å². The maximum Gasteiger partial charge on any atom is -0.00157 e. The third kappa shape index (κ3) is 6.68. The summed E-state index contributed by atoms with van der Waals surface area (Å²) in [7, 11) is 2.05. The lowest BCUT2D eigenvalue weighted by atomic mass is 9.97. The van der Waals surface area contributed by atoms with Crippen molar-refractivity contribution in [1.29, 1.82) is 0 Å². The average molecular weight is 220 g/mol. The van der Waals surface area contributed by atoms with Crippen LogP contribution in [0.5, 0.6) is 0 Å². The van der Waals surface area contributed by atoms with Crippen molar-refractivity contribution in [3.63, 3.8) is 0 Å². The minimum atomic E-state index is 0. The fourth-order valence-corrected chi connectivity index (χ4v) is 1.80. The van der Waals surface area contributed by atoms with E-state index in [1.54, 1.807) is 0 Å². The number of nitrogens with one attached hydrogen (secondary N) is 1. The smallest absolute Gasteiger partial charge is 0.00157 e. The van der Waals surface area contributed by atoms with Gasteiger partial charge in [-0.3, -0.25) is 0 Å². The lowest BCUT2D eigenvalue weighted by Crippen LogP contribution is -2.36. The van der Waals surface area contributed by atoms with Gasteiger partial charge in [0.05, 0.1) is 0 Å². The zero-order valence-electron chi connectivity index (χ0n) is 10.3. The quantitative estimate of drug-likeness (QED) is 0.783. The molecule has 3 heteroatoms. The molecular weight excluding hydrogens is 192 g/mol. The van der Waals surface area contributed by atoms with E-state index in [2.05, 4.69) is 17.1 Å². The van der Waals surface area contributed by atoms with Crippen molar-refractivity contribution in [2.24, 2.45) is 5.92 Å². The molecule has 0 bridgehead atoms. The predicted octanol–water partition coefficient (Wildman–Crippen LogP) is 2.08. The molecule has 0 aromatic heterocycles. The van der Waals surface area contributed by atoms with E-state index in [0.717, 1.165) is 5.92 Å². The Labute approximate surface area is 96.9 Å². The predicted molar refractivity (Wildman–Crippen MR) is 70.5 cm³/mol. The zero-order valence-corrected chi connectivity index (χ0v) is 11.3. The highest BCUT2D eigenvalue weighted by molar-refractivity contribution is 7.59. The van der Waals surface area contributed by atoms with Gasteiger partial charge in [0.15, 0.2) is 0 Å². The van der Waals surface area contributed by atoms with Gasteiger partial charge in [-0.1, -0.05) is 20.8 Å². The number of hydrogen-bond acceptors (Lipinski definition) is 2. The third-order valence-electron chi connectivity index (χ3n) is 2.65. The molecule has 2 nitrogen and oxygen atoms in total. The number of rotatable bonds is 3. The van der Waals surface area contributed by atoms with Crippen molar-refractivity contribution in [3.8, 4) is 0 Å². The van der Waals surface area contributed by atoms with Crippen molar-refractivity contribution in [1.82, 2.24) is 10.2 Å². The minimum Gasteiger partial charge on any atom is -0.319 e. The van der Waals surface area contributed by atoms with Crippen LogP contribution in [0.2, 0.25) is 0 Å². The largest absolute Gasteiger partial charge is 0.319 e. The highest BCUT2D eigenvalue weighted by atomic mass is 32.1. The molecule has 1 saturated heterocycles. The van der Waals surface area contributed by atoms with E-state index in [1.165, 1.54) is 39.0 Å². The fourth-order valence-electron chi connectivity index (χ4n) is 1.80. The van der Waals surface area contributed by atoms with Crippen LogP contribution in [-0.2, 0) is 0 Å². The molecule has 1 aliphatic rings. The van der Waals surface area contributed by atoms with E-state index >= 15 is 0 Å². The molecule has 1 N–H and O–H groups in total. The van der Waals surface area contributed by atoms with Crippen LogP contribution in [0.25, 0.3) is 0 Å². The molecule has 0 radical (unpaired) electrons. The molecule has 1 heterocycles. The van der Waals surface area contributed by atoms with Crippen LogP contribution < -0.4 is 5.32 Å². The first-order valence-corrected chi connectivity index (χ1v) is 5.73. The van der Waals surface area contributed by atoms with Crippen LogP contribution in [0.1, 0.15) is 33.6 Å². The van der Waals surface area contributed by atoms with Crippen molar-refractivity contribution >= 4 is 13.5 Å². The molecule has 14 heavy (non-hydrogen) atoms. The van der Waals surface area contributed by atoms with Gasteiger partial charge in [0.2, 0.25) is 0 Å². The summed E-state index contributed by atoms with van der Waals surface area (Å²) in [6.45, 7) is 11.3. The molecule has 1 fully saturated rings. The maximum atomic E-state index is 3.25. The Kier molecular flexibility index (Phi) is 13.5. The molecule has 88 valence electrons. The second-order valence-corrected chi connectivity index (χ2v) is 3.44. The van der Waals surface area contributed by atoms with Gasteiger partial charge < -0.3 is 10.2 Å². The monoisotopic (exact) mass is 220 g/mol. The molecule has 0 unspecified atom stereocenters. The third-order valence-corrected chi connectivity index (χ3v) is 2.65. The highest BCUT2D eigenvalue weighted by Gasteiger charge is 2.16. The van der Waals surface area contributed by atoms with Crippen LogP contribution in [0, 0.1) is 5.92 Å². The average Bonchev–Trinajstić information content (AvgIpc) is 2.23. The fraction of sp³-hybridized carbons (Fsp3) is 1.00. The van der Waals surface area contributed by atoms with Crippen LogP contribution in [0.3, 0.4) is 0 Å². The molecule has 0 saturated carbocycles. The van der Waals surface area contributed by atoms with Gasteiger partial charge >= 0.3 is 0 Å². The van der Waals surface area contributed by atoms with Crippen molar-refractivity contribution < 1.29 is 0 Å². The Bertz CT molecular complexity index is 101. The number of likely N-dealkylation sites (tertiary alicyclic amines) is 1. The molecule has 0 amide bonds. The topological polar surface area (TPSA) is 15.3 Å². The summed E-state index contributed by atoms with van der Waals surface area (Å²) in [5, 5.41) is 3.25. The molecule has 0 spiro atoms. The van der Waals surface area contributed by atoms with E-state index in [0.29, 0.717) is 0 Å². The second kappa shape index (κ2) is 11.3. The van der Waals surface area contributed by atoms with E-state index < -0.39 is 0 Å². The first-order valence-electron chi connectivity index (χ1n) is 5.73. The summed E-state index contributed by atoms with van der Waals surface area (Å²) in [5.41, 5.74) is 0. The summed E-state index contributed by atoms with van der Waals surface area (Å²) in [4.78, 5) is 2.53. The summed E-state index contributed by atoms with van der Waals surface area (Å²) < 4.78 is 0. The summed E-state index contributed by atoms with van der Waals surface area (Å²) in [5.74, 6) is 0.933. The molecule has 1 rings (SSSR count). The van der Waals surface area contributed by atoms with Gasteiger partial charge in [0.25, 0.3) is 0 Å². The minimum absolute atomic E-state index is 0. The van der Waals surface area contributed by atoms with Gasteiger partial charge in [-0.2, -0.15) is 13.5 Å². The first kappa shape index (κ1) is 16.7. The van der Waals surface area contributed by atoms with Crippen molar-refractivity contribution in [2.45, 2.75) is 33.6 Å². The maximum absolute atomic E-state index is 3.25. The molecule has 0 aromatic carbocycles. The van der Waals surface area contributed by atoms with Gasteiger partial charge in [-0.25, -0.2) is 0 Å². The first-order chi connectivity index (χ1) is 6.36. The Morgan fingerprint density at radius 1 is 1.21 bits per heavy atom. The second-order valence-electron chi connectivity index (χ2n) is 3.44. The van der Waals surface area contributed by atoms with E-state index in [9.17, 15) is 0 Å². The highest BCUT2D eigenvalue weighted by Crippen LogP contribution is 2.15. The molecule has 1 aliphatic heterocycles. The van der Waals surface area contributed by atoms with E-state index in [1.807, 2.05) is 20.9 Å². The van der Waals surface area contributed by atoms with Gasteiger partial charge in [0, 0.05) is 0 Å². The van der Waals surface area contributed by atoms with Crippen molar-refractivity contribution in [2.75, 3.05) is 33.2 Å². The van der Waals surface area contributed by atoms with Gasteiger partial charge in [0.1, 0.15) is 0 Å². The van der Waals surface area contributed by atoms with Crippen molar-refractivity contribution in [3.05, 3.63) is 0 Å². The van der Waals surface area contributed by atoms with Crippen LogP contribution in [0.4, 0.5) is 0 Å². The Balaban J connectivity index is 0. The molecular formula is C11H28N2S. The molecule has 0 atom stereocenters. The zero-order chi connectivity index (χ0) is 10.1. The number of nitrogens with zero attached hydrogens (tertiary/aromatic N) is 1. The van der Waals surface area contributed by atoms with Crippen LogP contribution in [-0.4, -0.2) is 38.1 Å². The Hall–Kier alpha value is 0.270. The molecule has 0 aromatic rings. The molecule has 0 aliphatic carbocycles.